The maximum absolute atomic E-state index is 12.8. The first-order chi connectivity index (χ1) is 33.5. The molecule has 0 aromatic rings. The van der Waals surface area contributed by atoms with Crippen molar-refractivity contribution in [2.75, 3.05) is 13.2 Å². The van der Waals surface area contributed by atoms with E-state index in [4.69, 9.17) is 14.2 Å². The maximum atomic E-state index is 12.8. The highest BCUT2D eigenvalue weighted by Crippen LogP contribution is 2.14. The average molecular weight is 943 g/mol. The molecule has 0 amide bonds. The molecule has 0 rings (SSSR count). The lowest BCUT2D eigenvalue weighted by atomic mass is 10.1. The number of ether oxygens (including phenoxy) is 3. The number of carbonyl (C=O) groups is 3. The van der Waals surface area contributed by atoms with Crippen LogP contribution in [0.15, 0.2) is 109 Å². The Hall–Kier alpha value is -3.93. The van der Waals surface area contributed by atoms with E-state index in [9.17, 15) is 14.4 Å². The summed E-state index contributed by atoms with van der Waals surface area (Å²) in [6.45, 7) is 6.40. The highest BCUT2D eigenvalue weighted by atomic mass is 16.6. The summed E-state index contributed by atoms with van der Waals surface area (Å²) in [4.78, 5) is 38.1. The molecule has 0 fully saturated rings. The van der Waals surface area contributed by atoms with Gasteiger partial charge in [0.2, 0.25) is 0 Å². The molecular weight excluding hydrogens is 841 g/mol. The van der Waals surface area contributed by atoms with Gasteiger partial charge in [-0.05, 0) is 89.9 Å². The summed E-state index contributed by atoms with van der Waals surface area (Å²) in [7, 11) is 0. The third-order valence-electron chi connectivity index (χ3n) is 11.7. The molecule has 386 valence electrons. The fraction of sp³-hybridized carbons (Fsp3) is 0.661. The molecule has 0 aliphatic rings. The van der Waals surface area contributed by atoms with Crippen LogP contribution >= 0.6 is 0 Å². The minimum atomic E-state index is -0.803. The summed E-state index contributed by atoms with van der Waals surface area (Å²) in [6, 6.07) is 0. The first-order valence-corrected chi connectivity index (χ1v) is 28.0. The second-order valence-corrected chi connectivity index (χ2v) is 18.3. The first-order valence-electron chi connectivity index (χ1n) is 28.0. The minimum absolute atomic E-state index is 0.0981. The Balaban J connectivity index is 4.46. The zero-order valence-corrected chi connectivity index (χ0v) is 44.1. The van der Waals surface area contributed by atoms with Crippen molar-refractivity contribution in [1.29, 1.82) is 0 Å². The minimum Gasteiger partial charge on any atom is -0.462 e. The third-order valence-corrected chi connectivity index (χ3v) is 11.7. The largest absolute Gasteiger partial charge is 0.462 e. The van der Waals surface area contributed by atoms with Gasteiger partial charge in [0, 0.05) is 19.3 Å². The Bertz CT molecular complexity index is 1410. The lowest BCUT2D eigenvalue weighted by Gasteiger charge is -2.18. The normalized spacial score (nSPS) is 12.9. The van der Waals surface area contributed by atoms with Gasteiger partial charge in [-0.3, -0.25) is 14.4 Å². The summed E-state index contributed by atoms with van der Waals surface area (Å²) in [5.41, 5.74) is 0. The Kier molecular flexibility index (Phi) is 52.4. The summed E-state index contributed by atoms with van der Waals surface area (Å²) in [5.74, 6) is -0.946. The summed E-state index contributed by atoms with van der Waals surface area (Å²) >= 11 is 0. The van der Waals surface area contributed by atoms with Gasteiger partial charge in [0.05, 0.1) is 0 Å². The van der Waals surface area contributed by atoms with E-state index < -0.39 is 6.10 Å². The van der Waals surface area contributed by atoms with E-state index in [1.54, 1.807) is 0 Å². The molecule has 0 saturated heterocycles. The Morgan fingerprint density at radius 2 is 0.574 bits per heavy atom. The van der Waals surface area contributed by atoms with Crippen molar-refractivity contribution in [3.8, 4) is 0 Å². The van der Waals surface area contributed by atoms with Crippen molar-refractivity contribution in [2.45, 2.75) is 252 Å². The van der Waals surface area contributed by atoms with Crippen molar-refractivity contribution < 1.29 is 28.6 Å². The molecule has 0 aliphatic carbocycles. The topological polar surface area (TPSA) is 78.9 Å². The Labute approximate surface area is 419 Å². The number of hydrogen-bond donors (Lipinski definition) is 0. The van der Waals surface area contributed by atoms with Crippen molar-refractivity contribution in [2.24, 2.45) is 0 Å². The first kappa shape index (κ1) is 64.1. The van der Waals surface area contributed by atoms with Crippen LogP contribution in [0.4, 0.5) is 0 Å². The van der Waals surface area contributed by atoms with Gasteiger partial charge in [0.15, 0.2) is 6.10 Å². The van der Waals surface area contributed by atoms with Crippen LogP contribution in [-0.2, 0) is 28.6 Å². The Morgan fingerprint density at radius 1 is 0.309 bits per heavy atom. The fourth-order valence-corrected chi connectivity index (χ4v) is 7.44. The molecule has 68 heavy (non-hydrogen) atoms. The number of carbonyl (C=O) groups excluding carboxylic acids is 3. The van der Waals surface area contributed by atoms with Crippen LogP contribution in [0.5, 0.6) is 0 Å². The summed E-state index contributed by atoms with van der Waals surface area (Å²) < 4.78 is 16.8. The van der Waals surface area contributed by atoms with Crippen molar-refractivity contribution >= 4 is 17.9 Å². The molecule has 0 bridgehead atoms. The predicted molar refractivity (Wildman–Crippen MR) is 293 cm³/mol. The van der Waals surface area contributed by atoms with Crippen molar-refractivity contribution in [3.05, 3.63) is 109 Å². The van der Waals surface area contributed by atoms with Crippen LogP contribution in [0.1, 0.15) is 245 Å². The van der Waals surface area contributed by atoms with Gasteiger partial charge in [-0.15, -0.1) is 0 Å². The highest BCUT2D eigenvalue weighted by Gasteiger charge is 2.19. The van der Waals surface area contributed by atoms with E-state index in [-0.39, 0.29) is 31.1 Å². The third kappa shape index (κ3) is 53.0. The van der Waals surface area contributed by atoms with E-state index in [1.165, 1.54) is 96.3 Å². The quantitative estimate of drug-likeness (QED) is 0.0262. The van der Waals surface area contributed by atoms with Gasteiger partial charge in [-0.25, -0.2) is 0 Å². The number of hydrogen-bond acceptors (Lipinski definition) is 6. The summed E-state index contributed by atoms with van der Waals surface area (Å²) in [5, 5.41) is 0. The maximum Gasteiger partial charge on any atom is 0.306 e. The van der Waals surface area contributed by atoms with Gasteiger partial charge < -0.3 is 14.2 Å². The van der Waals surface area contributed by atoms with Gasteiger partial charge >= 0.3 is 17.9 Å². The zero-order valence-electron chi connectivity index (χ0n) is 44.1. The van der Waals surface area contributed by atoms with E-state index in [0.717, 1.165) is 109 Å². The van der Waals surface area contributed by atoms with Crippen molar-refractivity contribution in [3.63, 3.8) is 0 Å². The molecule has 1 unspecified atom stereocenters. The van der Waals surface area contributed by atoms with E-state index in [2.05, 4.69) is 130 Å². The van der Waals surface area contributed by atoms with Gasteiger partial charge in [-0.2, -0.15) is 0 Å². The standard InChI is InChI=1S/C62H102O6/c1-4-7-10-13-16-19-22-25-27-29-31-33-34-37-40-43-46-49-52-55-61(64)67-58-59(57-66-60(63)54-51-48-45-42-39-36-24-21-18-15-12-9-6-3)68-62(65)56-53-50-47-44-41-38-35-32-30-28-26-23-20-17-14-11-8-5-2/h9,12,15-26,28,30,32,35,59H,4-8,10-11,13-14,27,29,31,33-34,36-58H2,1-3H3/b12-9+,18-15+,19-16+,20-17+,24-21+,25-22+,26-23+,30-28+,35-32+. The van der Waals surface area contributed by atoms with E-state index in [1.807, 2.05) is 0 Å². The van der Waals surface area contributed by atoms with Crippen molar-refractivity contribution in [1.82, 2.24) is 0 Å². The van der Waals surface area contributed by atoms with Crippen LogP contribution in [0.3, 0.4) is 0 Å². The van der Waals surface area contributed by atoms with Crippen LogP contribution < -0.4 is 0 Å². The molecule has 0 spiro atoms. The van der Waals surface area contributed by atoms with Crippen LogP contribution in [0.2, 0.25) is 0 Å². The van der Waals surface area contributed by atoms with Crippen LogP contribution in [-0.4, -0.2) is 37.2 Å². The molecule has 0 aliphatic heterocycles. The second-order valence-electron chi connectivity index (χ2n) is 18.3. The van der Waals surface area contributed by atoms with E-state index in [0.29, 0.717) is 19.3 Å². The molecule has 0 heterocycles. The fourth-order valence-electron chi connectivity index (χ4n) is 7.44. The van der Waals surface area contributed by atoms with Crippen LogP contribution in [0.25, 0.3) is 0 Å². The molecule has 0 N–H and O–H groups in total. The molecular formula is C62H102O6. The van der Waals surface area contributed by atoms with Gasteiger partial charge in [-0.1, -0.05) is 246 Å². The lowest BCUT2D eigenvalue weighted by Crippen LogP contribution is -2.30. The number of unbranched alkanes of at least 4 members (excludes halogenated alkanes) is 26. The van der Waals surface area contributed by atoms with Crippen LogP contribution in [0, 0.1) is 0 Å². The van der Waals surface area contributed by atoms with Gasteiger partial charge in [0.1, 0.15) is 13.2 Å². The SMILES string of the molecule is CC/C=C/C=C/C=C/CCCCCCCC(=O)OCC(COC(=O)CCCCCCCCCCCC/C=C/C=C/CCCCC)OC(=O)CCCCCCC/C=C/C=C/C=C/C=C/CCCCC. The number of allylic oxidation sites excluding steroid dienone is 18. The molecule has 6 nitrogen and oxygen atoms in total. The number of rotatable bonds is 49. The highest BCUT2D eigenvalue weighted by molar-refractivity contribution is 5.71. The second kappa shape index (κ2) is 55.7. The zero-order chi connectivity index (χ0) is 49.3. The lowest BCUT2D eigenvalue weighted by molar-refractivity contribution is -0.167. The van der Waals surface area contributed by atoms with Gasteiger partial charge in [0.25, 0.3) is 0 Å². The number of esters is 3. The molecule has 0 saturated carbocycles. The molecule has 0 radical (unpaired) electrons. The summed E-state index contributed by atoms with van der Waals surface area (Å²) in [6.07, 6.45) is 75.0. The molecule has 6 heteroatoms. The molecule has 0 aromatic heterocycles. The Morgan fingerprint density at radius 3 is 0.912 bits per heavy atom. The smallest absolute Gasteiger partial charge is 0.306 e. The average Bonchev–Trinajstić information content (AvgIpc) is 3.34. The monoisotopic (exact) mass is 943 g/mol. The predicted octanol–water partition coefficient (Wildman–Crippen LogP) is 18.7. The molecule has 0 aromatic carbocycles. The van der Waals surface area contributed by atoms with E-state index >= 15 is 0 Å². The molecule has 1 atom stereocenters.